The summed E-state index contributed by atoms with van der Waals surface area (Å²) < 4.78 is 11.1. The smallest absolute Gasteiger partial charge is 0.224 e. The number of carbonyl (C=O) groups excluding carboxylic acids is 1. The van der Waals surface area contributed by atoms with Gasteiger partial charge in [0, 0.05) is 19.8 Å². The number of hydrogen-bond donors (Lipinski definition) is 1. The van der Waals surface area contributed by atoms with Gasteiger partial charge in [0.05, 0.1) is 5.69 Å². The summed E-state index contributed by atoms with van der Waals surface area (Å²) >= 11 is 0. The van der Waals surface area contributed by atoms with Crippen LogP contribution in [0, 0.1) is 6.92 Å². The van der Waals surface area contributed by atoms with Gasteiger partial charge in [-0.15, -0.1) is 10.2 Å². The molecule has 1 aromatic heterocycles. The number of anilines is 1. The zero-order valence-electron chi connectivity index (χ0n) is 13.2. The fraction of sp³-hybridized carbons (Fsp3) is 0.167. The van der Waals surface area contributed by atoms with Crippen LogP contribution in [0.2, 0.25) is 0 Å². The normalized spacial score (nSPS) is 10.4. The highest BCUT2D eigenvalue weighted by atomic mass is 16.5. The van der Waals surface area contributed by atoms with Crippen LogP contribution in [-0.2, 0) is 11.2 Å². The maximum absolute atomic E-state index is 12.1. The topological polar surface area (TPSA) is 77.2 Å². The molecule has 1 N–H and O–H groups in total. The zero-order chi connectivity index (χ0) is 16.8. The van der Waals surface area contributed by atoms with Crippen molar-refractivity contribution in [1.29, 1.82) is 0 Å². The fourth-order valence-corrected chi connectivity index (χ4v) is 2.15. The molecule has 6 heteroatoms. The Balaban J connectivity index is 1.63. The summed E-state index contributed by atoms with van der Waals surface area (Å²) in [5.41, 5.74) is 0.619. The second kappa shape index (κ2) is 7.41. The van der Waals surface area contributed by atoms with Crippen LogP contribution in [0.3, 0.4) is 0 Å². The highest BCUT2D eigenvalue weighted by Crippen LogP contribution is 2.29. The maximum Gasteiger partial charge on any atom is 0.224 e. The molecular formula is C18H17N3O3. The van der Waals surface area contributed by atoms with E-state index in [-0.39, 0.29) is 12.3 Å². The quantitative estimate of drug-likeness (QED) is 0.747. The van der Waals surface area contributed by atoms with E-state index >= 15 is 0 Å². The molecule has 0 aliphatic carbocycles. The van der Waals surface area contributed by atoms with Gasteiger partial charge in [0.25, 0.3) is 0 Å². The number of aryl methyl sites for hydroxylation is 2. The number of para-hydroxylation sites is 3. The molecule has 0 fully saturated rings. The van der Waals surface area contributed by atoms with Gasteiger partial charge in [-0.25, -0.2) is 0 Å². The van der Waals surface area contributed by atoms with Gasteiger partial charge in [-0.3, -0.25) is 4.79 Å². The largest absolute Gasteiger partial charge is 0.455 e. The Morgan fingerprint density at radius 2 is 1.83 bits per heavy atom. The van der Waals surface area contributed by atoms with Gasteiger partial charge in [-0.05, 0) is 24.3 Å². The number of hydrogen-bond acceptors (Lipinski definition) is 5. The third-order valence-electron chi connectivity index (χ3n) is 3.27. The molecule has 122 valence electrons. The number of benzene rings is 2. The predicted octanol–water partition coefficient (Wildman–Crippen LogP) is 3.74. The minimum Gasteiger partial charge on any atom is -0.455 e. The van der Waals surface area contributed by atoms with Crippen LogP contribution in [0.15, 0.2) is 59.0 Å². The van der Waals surface area contributed by atoms with Crippen molar-refractivity contribution in [3.8, 4) is 11.5 Å². The van der Waals surface area contributed by atoms with Gasteiger partial charge in [0.2, 0.25) is 17.7 Å². The molecule has 6 nitrogen and oxygen atoms in total. The van der Waals surface area contributed by atoms with E-state index in [1.54, 1.807) is 13.0 Å². The summed E-state index contributed by atoms with van der Waals surface area (Å²) in [5.74, 6) is 2.10. The molecule has 0 radical (unpaired) electrons. The first-order chi connectivity index (χ1) is 11.7. The van der Waals surface area contributed by atoms with E-state index in [9.17, 15) is 4.79 Å². The maximum atomic E-state index is 12.1. The van der Waals surface area contributed by atoms with Gasteiger partial charge in [-0.2, -0.15) is 0 Å². The monoisotopic (exact) mass is 323 g/mol. The third-order valence-corrected chi connectivity index (χ3v) is 3.27. The minimum absolute atomic E-state index is 0.144. The number of ether oxygens (including phenoxy) is 1. The number of carbonyl (C=O) groups is 1. The van der Waals surface area contributed by atoms with Crippen LogP contribution in [-0.4, -0.2) is 16.1 Å². The molecule has 3 aromatic rings. The highest BCUT2D eigenvalue weighted by Gasteiger charge is 2.10. The summed E-state index contributed by atoms with van der Waals surface area (Å²) in [6.45, 7) is 1.72. The lowest BCUT2D eigenvalue weighted by Crippen LogP contribution is -2.13. The van der Waals surface area contributed by atoms with Crippen LogP contribution < -0.4 is 10.1 Å². The molecule has 1 amide bonds. The van der Waals surface area contributed by atoms with Crippen molar-refractivity contribution in [3.63, 3.8) is 0 Å². The molecule has 3 rings (SSSR count). The summed E-state index contributed by atoms with van der Waals surface area (Å²) in [6, 6.07) is 16.7. The predicted molar refractivity (Wildman–Crippen MR) is 88.9 cm³/mol. The van der Waals surface area contributed by atoms with Crippen LogP contribution in [0.25, 0.3) is 0 Å². The average molecular weight is 323 g/mol. The Kier molecular flexibility index (Phi) is 4.86. The van der Waals surface area contributed by atoms with Crippen molar-refractivity contribution < 1.29 is 13.9 Å². The van der Waals surface area contributed by atoms with Crippen molar-refractivity contribution in [1.82, 2.24) is 10.2 Å². The third kappa shape index (κ3) is 4.19. The molecule has 1 heterocycles. The lowest BCUT2D eigenvalue weighted by atomic mass is 10.2. The van der Waals surface area contributed by atoms with Gasteiger partial charge < -0.3 is 14.5 Å². The number of aromatic nitrogens is 2. The van der Waals surface area contributed by atoms with Crippen LogP contribution in [0.1, 0.15) is 18.2 Å². The summed E-state index contributed by atoms with van der Waals surface area (Å²) in [5, 5.41) is 10.5. The first-order valence-corrected chi connectivity index (χ1v) is 7.61. The minimum atomic E-state index is -0.144. The van der Waals surface area contributed by atoms with Gasteiger partial charge in [0.1, 0.15) is 5.75 Å². The Bertz CT molecular complexity index is 815. The van der Waals surface area contributed by atoms with E-state index in [2.05, 4.69) is 15.5 Å². The molecule has 0 saturated carbocycles. The van der Waals surface area contributed by atoms with Crippen LogP contribution >= 0.6 is 0 Å². The lowest BCUT2D eigenvalue weighted by molar-refractivity contribution is -0.116. The zero-order valence-corrected chi connectivity index (χ0v) is 13.2. The molecule has 0 bridgehead atoms. The van der Waals surface area contributed by atoms with Crippen molar-refractivity contribution >= 4 is 11.6 Å². The molecule has 0 aliphatic rings. The standard InChI is InChI=1S/C18H17N3O3/c1-13-20-21-18(23-13)12-11-17(22)19-15-9-5-6-10-16(15)24-14-7-3-2-4-8-14/h2-10H,11-12H2,1H3,(H,19,22). The van der Waals surface area contributed by atoms with Crippen LogP contribution in [0.5, 0.6) is 11.5 Å². The Hall–Kier alpha value is -3.15. The molecule has 0 spiro atoms. The number of rotatable bonds is 6. The molecule has 0 unspecified atom stereocenters. The number of nitrogens with zero attached hydrogens (tertiary/aromatic N) is 2. The van der Waals surface area contributed by atoms with E-state index in [4.69, 9.17) is 9.15 Å². The SMILES string of the molecule is Cc1nnc(CCC(=O)Nc2ccccc2Oc2ccccc2)o1. The van der Waals surface area contributed by atoms with E-state index in [1.807, 2.05) is 48.5 Å². The molecule has 0 atom stereocenters. The number of amides is 1. The molecule has 0 aliphatic heterocycles. The first-order valence-electron chi connectivity index (χ1n) is 7.61. The summed E-state index contributed by atoms with van der Waals surface area (Å²) in [6.07, 6.45) is 0.648. The second-order valence-electron chi connectivity index (χ2n) is 5.17. The van der Waals surface area contributed by atoms with Crippen molar-refractivity contribution in [2.24, 2.45) is 0 Å². The summed E-state index contributed by atoms with van der Waals surface area (Å²) in [7, 11) is 0. The molecule has 2 aromatic carbocycles. The van der Waals surface area contributed by atoms with Gasteiger partial charge in [-0.1, -0.05) is 30.3 Å². The van der Waals surface area contributed by atoms with E-state index in [1.165, 1.54) is 0 Å². The van der Waals surface area contributed by atoms with E-state index in [0.29, 0.717) is 35.4 Å². The van der Waals surface area contributed by atoms with Gasteiger partial charge >= 0.3 is 0 Å². The number of nitrogens with one attached hydrogen (secondary N) is 1. The van der Waals surface area contributed by atoms with Crippen LogP contribution in [0.4, 0.5) is 5.69 Å². The highest BCUT2D eigenvalue weighted by molar-refractivity contribution is 5.92. The van der Waals surface area contributed by atoms with Crippen molar-refractivity contribution in [2.75, 3.05) is 5.32 Å². The van der Waals surface area contributed by atoms with E-state index in [0.717, 1.165) is 0 Å². The Morgan fingerprint density at radius 1 is 1.08 bits per heavy atom. The first kappa shape index (κ1) is 15.7. The Morgan fingerprint density at radius 3 is 2.58 bits per heavy atom. The second-order valence-corrected chi connectivity index (χ2v) is 5.17. The van der Waals surface area contributed by atoms with E-state index < -0.39 is 0 Å². The van der Waals surface area contributed by atoms with Crippen molar-refractivity contribution in [3.05, 3.63) is 66.4 Å². The lowest BCUT2D eigenvalue weighted by Gasteiger charge is -2.11. The average Bonchev–Trinajstić information content (AvgIpc) is 3.01. The molecule has 0 saturated heterocycles. The van der Waals surface area contributed by atoms with Crippen molar-refractivity contribution in [2.45, 2.75) is 19.8 Å². The Labute approximate surface area is 139 Å². The van der Waals surface area contributed by atoms with Gasteiger partial charge in [0.15, 0.2) is 5.75 Å². The summed E-state index contributed by atoms with van der Waals surface area (Å²) in [4.78, 5) is 12.1. The molecular weight excluding hydrogens is 306 g/mol. The fourth-order valence-electron chi connectivity index (χ4n) is 2.15. The molecule has 24 heavy (non-hydrogen) atoms.